The average molecular weight is 460 g/mol. The number of fused-ring (bicyclic) bond motifs is 1. The number of aromatic nitrogens is 1. The molecule has 0 aliphatic heterocycles. The number of rotatable bonds is 7. The Labute approximate surface area is 196 Å². The molecule has 0 atom stereocenters. The molecule has 0 saturated heterocycles. The third kappa shape index (κ3) is 4.68. The Hall–Kier alpha value is -3.84. The highest BCUT2D eigenvalue weighted by Crippen LogP contribution is 2.34. The van der Waals surface area contributed by atoms with E-state index >= 15 is 0 Å². The van der Waals surface area contributed by atoms with Crippen molar-refractivity contribution in [2.24, 2.45) is 10.1 Å². The SMILES string of the molecule is C=C(C)CN=c1scc(-c2cc(OC)ccc2OC)n1N=Cc1c(O)ccc2ccccc12. The van der Waals surface area contributed by atoms with Gasteiger partial charge in [-0.25, -0.2) is 4.68 Å². The fourth-order valence-corrected chi connectivity index (χ4v) is 4.29. The second-order valence-electron chi connectivity index (χ2n) is 7.52. The first-order valence-corrected chi connectivity index (χ1v) is 11.2. The molecule has 1 N–H and O–H groups in total. The molecule has 4 aromatic rings. The minimum Gasteiger partial charge on any atom is -0.507 e. The molecule has 0 aliphatic rings. The van der Waals surface area contributed by atoms with Crippen LogP contribution in [0, 0.1) is 0 Å². The van der Waals surface area contributed by atoms with E-state index in [1.807, 2.05) is 60.8 Å². The van der Waals surface area contributed by atoms with Crippen molar-refractivity contribution in [1.82, 2.24) is 4.68 Å². The molecular formula is C26H25N3O3S. The molecule has 33 heavy (non-hydrogen) atoms. The smallest absolute Gasteiger partial charge is 0.206 e. The van der Waals surface area contributed by atoms with Gasteiger partial charge in [0.15, 0.2) is 0 Å². The van der Waals surface area contributed by atoms with Crippen LogP contribution in [0.4, 0.5) is 0 Å². The van der Waals surface area contributed by atoms with Crippen LogP contribution in [0.1, 0.15) is 12.5 Å². The topological polar surface area (TPSA) is 68.3 Å². The van der Waals surface area contributed by atoms with Crippen LogP contribution < -0.4 is 14.3 Å². The van der Waals surface area contributed by atoms with Crippen LogP contribution in [0.15, 0.2) is 82.2 Å². The summed E-state index contributed by atoms with van der Waals surface area (Å²) in [5.74, 6) is 1.56. The summed E-state index contributed by atoms with van der Waals surface area (Å²) >= 11 is 1.47. The summed E-state index contributed by atoms with van der Waals surface area (Å²) in [7, 11) is 3.26. The predicted molar refractivity (Wildman–Crippen MR) is 135 cm³/mol. The first kappa shape index (κ1) is 22.4. The summed E-state index contributed by atoms with van der Waals surface area (Å²) in [6.07, 6.45) is 1.67. The third-order valence-corrected chi connectivity index (χ3v) is 5.96. The fraction of sp³-hybridized carbons (Fsp3) is 0.154. The van der Waals surface area contributed by atoms with Crippen LogP contribution in [0.5, 0.6) is 17.2 Å². The summed E-state index contributed by atoms with van der Waals surface area (Å²) in [6.45, 7) is 6.37. The molecule has 1 aromatic heterocycles. The number of phenols is 1. The molecular weight excluding hydrogens is 434 g/mol. The summed E-state index contributed by atoms with van der Waals surface area (Å²) in [6, 6.07) is 17.1. The Kier molecular flexibility index (Phi) is 6.60. The van der Waals surface area contributed by atoms with Gasteiger partial charge in [0.2, 0.25) is 4.80 Å². The molecule has 0 unspecified atom stereocenters. The van der Waals surface area contributed by atoms with Gasteiger partial charge in [-0.3, -0.25) is 4.99 Å². The lowest BCUT2D eigenvalue weighted by Gasteiger charge is -2.11. The number of ether oxygens (including phenoxy) is 2. The number of hydrogen-bond acceptors (Lipinski definition) is 6. The Morgan fingerprint density at radius 2 is 1.94 bits per heavy atom. The number of thiazole rings is 1. The number of benzene rings is 3. The molecule has 1 heterocycles. The Bertz CT molecular complexity index is 1420. The van der Waals surface area contributed by atoms with Crippen LogP contribution in [-0.4, -0.2) is 36.8 Å². The average Bonchev–Trinajstić information content (AvgIpc) is 3.24. The van der Waals surface area contributed by atoms with E-state index in [-0.39, 0.29) is 5.75 Å². The van der Waals surface area contributed by atoms with Gasteiger partial charge >= 0.3 is 0 Å². The van der Waals surface area contributed by atoms with Crippen molar-refractivity contribution >= 4 is 28.3 Å². The maximum atomic E-state index is 10.5. The zero-order chi connectivity index (χ0) is 23.4. The first-order valence-electron chi connectivity index (χ1n) is 10.3. The van der Waals surface area contributed by atoms with E-state index in [0.29, 0.717) is 28.4 Å². The Balaban J connectivity index is 1.92. The quantitative estimate of drug-likeness (QED) is 0.295. The van der Waals surface area contributed by atoms with Crippen molar-refractivity contribution < 1.29 is 14.6 Å². The van der Waals surface area contributed by atoms with E-state index in [9.17, 15) is 5.11 Å². The molecule has 0 amide bonds. The summed E-state index contributed by atoms with van der Waals surface area (Å²) in [5, 5.41) is 19.2. The predicted octanol–water partition coefficient (Wildman–Crippen LogP) is 5.45. The third-order valence-electron chi connectivity index (χ3n) is 5.10. The molecule has 0 aliphatic carbocycles. The molecule has 0 bridgehead atoms. The van der Waals surface area contributed by atoms with E-state index in [1.165, 1.54) is 11.3 Å². The zero-order valence-electron chi connectivity index (χ0n) is 18.8. The number of methoxy groups -OCH3 is 2. The maximum absolute atomic E-state index is 10.5. The highest BCUT2D eigenvalue weighted by molar-refractivity contribution is 7.07. The minimum absolute atomic E-state index is 0.161. The van der Waals surface area contributed by atoms with E-state index in [1.54, 1.807) is 31.2 Å². The molecule has 6 nitrogen and oxygen atoms in total. The molecule has 7 heteroatoms. The molecule has 168 valence electrons. The molecule has 0 saturated carbocycles. The summed E-state index contributed by atoms with van der Waals surface area (Å²) in [4.78, 5) is 5.38. The van der Waals surface area contributed by atoms with Crippen molar-refractivity contribution in [2.75, 3.05) is 20.8 Å². The van der Waals surface area contributed by atoms with Gasteiger partial charge in [-0.15, -0.1) is 11.3 Å². The van der Waals surface area contributed by atoms with Gasteiger partial charge in [-0.1, -0.05) is 42.5 Å². The molecule has 0 fully saturated rings. The number of phenolic OH excluding ortho intramolecular Hbond substituents is 1. The van der Waals surface area contributed by atoms with Crippen LogP contribution in [0.3, 0.4) is 0 Å². The highest BCUT2D eigenvalue weighted by Gasteiger charge is 2.14. The standard InChI is InChI=1S/C26H25N3O3S/c1-17(2)14-27-26-29(23(16-33-26)21-13-19(31-3)10-12-25(21)32-4)28-15-22-20-8-6-5-7-18(20)9-11-24(22)30/h5-13,15-16,30H,1,14H2,2-4H3. The number of hydrogen-bond donors (Lipinski definition) is 1. The van der Waals surface area contributed by atoms with Gasteiger partial charge < -0.3 is 14.6 Å². The Morgan fingerprint density at radius 1 is 1.12 bits per heavy atom. The first-order chi connectivity index (χ1) is 16.0. The van der Waals surface area contributed by atoms with Gasteiger partial charge in [0.05, 0.1) is 32.7 Å². The van der Waals surface area contributed by atoms with Gasteiger partial charge in [0.1, 0.15) is 17.2 Å². The number of aromatic hydroxyl groups is 1. The zero-order valence-corrected chi connectivity index (χ0v) is 19.6. The van der Waals surface area contributed by atoms with Crippen LogP contribution in [0.25, 0.3) is 22.0 Å². The lowest BCUT2D eigenvalue weighted by Crippen LogP contribution is -2.13. The monoisotopic (exact) mass is 459 g/mol. The minimum atomic E-state index is 0.161. The van der Waals surface area contributed by atoms with E-state index < -0.39 is 0 Å². The summed E-state index contributed by atoms with van der Waals surface area (Å²) < 4.78 is 12.8. The summed E-state index contributed by atoms with van der Waals surface area (Å²) in [5.41, 5.74) is 3.21. The van der Waals surface area contributed by atoms with Gasteiger partial charge in [-0.2, -0.15) is 5.10 Å². The lowest BCUT2D eigenvalue weighted by molar-refractivity contribution is 0.404. The molecule has 4 rings (SSSR count). The van der Waals surface area contributed by atoms with Crippen LogP contribution >= 0.6 is 11.3 Å². The van der Waals surface area contributed by atoms with Gasteiger partial charge in [0, 0.05) is 16.5 Å². The van der Waals surface area contributed by atoms with E-state index in [4.69, 9.17) is 14.6 Å². The highest BCUT2D eigenvalue weighted by atomic mass is 32.1. The van der Waals surface area contributed by atoms with Gasteiger partial charge in [0.25, 0.3) is 0 Å². The van der Waals surface area contributed by atoms with Crippen molar-refractivity contribution in [3.05, 3.63) is 82.5 Å². The maximum Gasteiger partial charge on any atom is 0.206 e. The van der Waals surface area contributed by atoms with Crippen LogP contribution in [0.2, 0.25) is 0 Å². The molecule has 3 aromatic carbocycles. The largest absolute Gasteiger partial charge is 0.507 e. The lowest BCUT2D eigenvalue weighted by atomic mass is 10.0. The van der Waals surface area contributed by atoms with E-state index in [2.05, 4.69) is 11.6 Å². The van der Waals surface area contributed by atoms with Crippen molar-refractivity contribution in [3.63, 3.8) is 0 Å². The number of nitrogens with zero attached hydrogens (tertiary/aromatic N) is 3. The van der Waals surface area contributed by atoms with Gasteiger partial charge in [-0.05, 0) is 42.0 Å². The Morgan fingerprint density at radius 3 is 2.70 bits per heavy atom. The normalized spacial score (nSPS) is 11.9. The van der Waals surface area contributed by atoms with Crippen molar-refractivity contribution in [1.29, 1.82) is 0 Å². The molecule has 0 radical (unpaired) electrons. The fourth-order valence-electron chi connectivity index (χ4n) is 3.46. The van der Waals surface area contributed by atoms with Crippen LogP contribution in [-0.2, 0) is 0 Å². The second kappa shape index (κ2) is 9.75. The second-order valence-corrected chi connectivity index (χ2v) is 8.36. The van der Waals surface area contributed by atoms with E-state index in [0.717, 1.165) is 27.6 Å². The van der Waals surface area contributed by atoms with Crippen molar-refractivity contribution in [3.8, 4) is 28.5 Å². The van der Waals surface area contributed by atoms with Crippen molar-refractivity contribution in [2.45, 2.75) is 6.92 Å². The molecule has 0 spiro atoms.